The minimum Gasteiger partial charge on any atom is -0.479 e. The summed E-state index contributed by atoms with van der Waals surface area (Å²) in [6.45, 7) is 7.97. The van der Waals surface area contributed by atoms with Crippen molar-refractivity contribution in [3.63, 3.8) is 0 Å². The molecule has 0 radical (unpaired) electrons. The van der Waals surface area contributed by atoms with Crippen molar-refractivity contribution in [2.45, 2.75) is 25.9 Å². The molecule has 0 spiro atoms. The van der Waals surface area contributed by atoms with Crippen LogP contribution in [0.25, 0.3) is 0 Å². The van der Waals surface area contributed by atoms with Gasteiger partial charge in [-0.3, -0.25) is 14.5 Å². The second-order valence-corrected chi connectivity index (χ2v) is 7.35. The lowest BCUT2D eigenvalue weighted by Gasteiger charge is -2.32. The average molecular weight is 374 g/mol. The van der Waals surface area contributed by atoms with Gasteiger partial charge in [0, 0.05) is 32.7 Å². The molecule has 0 aromatic heterocycles. The van der Waals surface area contributed by atoms with Crippen LogP contribution >= 0.6 is 0 Å². The molecular formula is C20H30N4O3. The van der Waals surface area contributed by atoms with Crippen LogP contribution in [0.2, 0.25) is 0 Å². The third kappa shape index (κ3) is 5.20. The molecule has 0 saturated carbocycles. The van der Waals surface area contributed by atoms with Crippen LogP contribution in [-0.2, 0) is 9.59 Å². The minimum atomic E-state index is -0.573. The zero-order valence-corrected chi connectivity index (χ0v) is 16.3. The fourth-order valence-corrected chi connectivity index (χ4v) is 3.48. The van der Waals surface area contributed by atoms with Gasteiger partial charge in [-0.15, -0.1) is 0 Å². The van der Waals surface area contributed by atoms with Gasteiger partial charge >= 0.3 is 0 Å². The van der Waals surface area contributed by atoms with E-state index < -0.39 is 6.10 Å². The Hall–Kier alpha value is -2.12. The zero-order valence-electron chi connectivity index (χ0n) is 16.3. The minimum absolute atomic E-state index is 0.0298. The number of amides is 2. The molecule has 1 saturated heterocycles. The number of piperazine rings is 1. The molecule has 0 bridgehead atoms. The molecule has 7 heteroatoms. The first-order valence-corrected chi connectivity index (χ1v) is 9.79. The number of hydrogen-bond donors (Lipinski definition) is 1. The number of carbonyl (C=O) groups excluding carboxylic acids is 2. The number of nitrogens with zero attached hydrogens (tertiary/aromatic N) is 3. The molecule has 2 amide bonds. The van der Waals surface area contributed by atoms with Gasteiger partial charge in [-0.05, 0) is 45.5 Å². The fraction of sp³-hybridized carbons (Fsp3) is 0.600. The highest BCUT2D eigenvalue weighted by Gasteiger charge is 2.32. The number of rotatable bonds is 7. The highest BCUT2D eigenvalue weighted by Crippen LogP contribution is 2.33. The summed E-state index contributed by atoms with van der Waals surface area (Å²) in [5.74, 6) is 0.329. The number of fused-ring (bicyclic) bond motifs is 1. The maximum absolute atomic E-state index is 12.4. The molecule has 148 valence electrons. The molecule has 2 heterocycles. The summed E-state index contributed by atoms with van der Waals surface area (Å²) in [5.41, 5.74) is 0.658. The van der Waals surface area contributed by atoms with E-state index in [1.807, 2.05) is 24.3 Å². The van der Waals surface area contributed by atoms with Crippen LogP contribution in [0.5, 0.6) is 5.75 Å². The number of likely N-dealkylation sites (N-methyl/N-ethyl adjacent to an activating group) is 1. The Balaban J connectivity index is 1.40. The van der Waals surface area contributed by atoms with Crippen molar-refractivity contribution < 1.29 is 14.3 Å². The molecule has 1 N–H and O–H groups in total. The van der Waals surface area contributed by atoms with Crippen molar-refractivity contribution >= 4 is 17.5 Å². The van der Waals surface area contributed by atoms with Crippen molar-refractivity contribution in [3.8, 4) is 5.75 Å². The van der Waals surface area contributed by atoms with Gasteiger partial charge in [0.25, 0.3) is 5.91 Å². The van der Waals surface area contributed by atoms with Gasteiger partial charge in [0.2, 0.25) is 5.91 Å². The number of anilines is 1. The second kappa shape index (κ2) is 9.19. The summed E-state index contributed by atoms with van der Waals surface area (Å²) in [6.07, 6.45) is 1.44. The monoisotopic (exact) mass is 374 g/mol. The number of unbranched alkanes of at least 4 members (excludes halogenated alkanes) is 1. The second-order valence-electron chi connectivity index (χ2n) is 7.35. The SMILES string of the molecule is CC1Oc2ccccc2N(CC(=O)NCCCCN2CCN(C)CC2)C1=O. The maximum Gasteiger partial charge on any atom is 0.268 e. The molecule has 0 aliphatic carbocycles. The Morgan fingerprint density at radius 1 is 1.19 bits per heavy atom. The molecule has 1 fully saturated rings. The summed E-state index contributed by atoms with van der Waals surface area (Å²) in [4.78, 5) is 31.1. The number of carbonyl (C=O) groups is 2. The van der Waals surface area contributed by atoms with E-state index in [4.69, 9.17) is 4.74 Å². The average Bonchev–Trinajstić information content (AvgIpc) is 2.66. The number of ether oxygens (including phenoxy) is 1. The lowest BCUT2D eigenvalue weighted by Crippen LogP contribution is -2.48. The van der Waals surface area contributed by atoms with Crippen LogP contribution in [0.4, 0.5) is 5.69 Å². The topological polar surface area (TPSA) is 65.1 Å². The van der Waals surface area contributed by atoms with Gasteiger partial charge in [-0.2, -0.15) is 0 Å². The Morgan fingerprint density at radius 2 is 1.93 bits per heavy atom. The first-order valence-electron chi connectivity index (χ1n) is 9.79. The lowest BCUT2D eigenvalue weighted by molar-refractivity contribution is -0.128. The normalized spacial score (nSPS) is 20.9. The zero-order chi connectivity index (χ0) is 19.2. The Bertz CT molecular complexity index is 658. The molecule has 1 aromatic rings. The molecule has 1 aromatic carbocycles. The first-order chi connectivity index (χ1) is 13.0. The smallest absolute Gasteiger partial charge is 0.268 e. The van der Waals surface area contributed by atoms with Crippen LogP contribution in [0.1, 0.15) is 19.8 Å². The van der Waals surface area contributed by atoms with Crippen molar-refractivity contribution in [1.82, 2.24) is 15.1 Å². The van der Waals surface area contributed by atoms with Crippen molar-refractivity contribution in [2.24, 2.45) is 0 Å². The van der Waals surface area contributed by atoms with E-state index in [0.717, 1.165) is 45.6 Å². The van der Waals surface area contributed by atoms with Crippen LogP contribution in [0.15, 0.2) is 24.3 Å². The van der Waals surface area contributed by atoms with Crippen molar-refractivity contribution in [2.75, 3.05) is 57.8 Å². The van der Waals surface area contributed by atoms with Crippen LogP contribution in [0.3, 0.4) is 0 Å². The lowest BCUT2D eigenvalue weighted by atomic mass is 10.2. The van der Waals surface area contributed by atoms with Gasteiger partial charge in [0.05, 0.1) is 5.69 Å². The summed E-state index contributed by atoms with van der Waals surface area (Å²) < 4.78 is 5.60. The summed E-state index contributed by atoms with van der Waals surface area (Å²) in [7, 11) is 2.16. The van der Waals surface area contributed by atoms with Crippen LogP contribution < -0.4 is 15.0 Å². The summed E-state index contributed by atoms with van der Waals surface area (Å²) in [6, 6.07) is 7.33. The molecule has 3 rings (SSSR count). The molecule has 2 aliphatic rings. The van der Waals surface area contributed by atoms with Gasteiger partial charge in [0.1, 0.15) is 12.3 Å². The highest BCUT2D eigenvalue weighted by atomic mass is 16.5. The van der Waals surface area contributed by atoms with Gasteiger partial charge in [0.15, 0.2) is 6.10 Å². The number of benzene rings is 1. The number of para-hydroxylation sites is 2. The first kappa shape index (κ1) is 19.6. The third-order valence-electron chi connectivity index (χ3n) is 5.19. The Kier molecular flexibility index (Phi) is 6.68. The molecular weight excluding hydrogens is 344 g/mol. The third-order valence-corrected chi connectivity index (χ3v) is 5.19. The Morgan fingerprint density at radius 3 is 2.70 bits per heavy atom. The van der Waals surface area contributed by atoms with E-state index in [1.54, 1.807) is 6.92 Å². The van der Waals surface area contributed by atoms with Gasteiger partial charge < -0.3 is 19.9 Å². The molecule has 2 aliphatic heterocycles. The summed E-state index contributed by atoms with van der Waals surface area (Å²) >= 11 is 0. The van der Waals surface area contributed by atoms with E-state index in [0.29, 0.717) is 18.0 Å². The van der Waals surface area contributed by atoms with E-state index in [1.165, 1.54) is 4.90 Å². The molecule has 1 atom stereocenters. The van der Waals surface area contributed by atoms with Crippen molar-refractivity contribution in [3.05, 3.63) is 24.3 Å². The van der Waals surface area contributed by atoms with Crippen molar-refractivity contribution in [1.29, 1.82) is 0 Å². The Labute approximate surface area is 161 Å². The largest absolute Gasteiger partial charge is 0.479 e. The fourth-order valence-electron chi connectivity index (χ4n) is 3.48. The van der Waals surface area contributed by atoms with Crippen LogP contribution in [-0.4, -0.2) is 80.6 Å². The van der Waals surface area contributed by atoms with Crippen LogP contribution in [0, 0.1) is 0 Å². The molecule has 7 nitrogen and oxygen atoms in total. The standard InChI is InChI=1S/C20H30N4O3/c1-16-20(26)24(17-7-3-4-8-18(17)27-16)15-19(25)21-9-5-6-10-23-13-11-22(2)12-14-23/h3-4,7-8,16H,5-6,9-15H2,1-2H3,(H,21,25). The number of nitrogens with one attached hydrogen (secondary N) is 1. The predicted octanol–water partition coefficient (Wildman–Crippen LogP) is 0.944. The number of hydrogen-bond acceptors (Lipinski definition) is 5. The van der Waals surface area contributed by atoms with E-state index in [9.17, 15) is 9.59 Å². The molecule has 27 heavy (non-hydrogen) atoms. The predicted molar refractivity (Wildman–Crippen MR) is 105 cm³/mol. The highest BCUT2D eigenvalue weighted by molar-refractivity contribution is 6.03. The quantitative estimate of drug-likeness (QED) is 0.720. The van der Waals surface area contributed by atoms with E-state index in [2.05, 4.69) is 22.2 Å². The van der Waals surface area contributed by atoms with E-state index >= 15 is 0 Å². The van der Waals surface area contributed by atoms with E-state index in [-0.39, 0.29) is 18.4 Å². The van der Waals surface area contributed by atoms with Gasteiger partial charge in [-0.1, -0.05) is 12.1 Å². The maximum atomic E-state index is 12.4. The van der Waals surface area contributed by atoms with Gasteiger partial charge in [-0.25, -0.2) is 0 Å². The molecule has 1 unspecified atom stereocenters. The summed E-state index contributed by atoms with van der Waals surface area (Å²) in [5, 5.41) is 2.94.